The summed E-state index contributed by atoms with van der Waals surface area (Å²) in [6.45, 7) is 5.05. The minimum Gasteiger partial charge on any atom is -0.306 e. The Kier molecular flexibility index (Phi) is 3.83. The van der Waals surface area contributed by atoms with Gasteiger partial charge in [0.15, 0.2) is 0 Å². The average Bonchev–Trinajstić information content (AvgIpc) is 2.38. The van der Waals surface area contributed by atoms with Crippen LogP contribution in [0.5, 0.6) is 0 Å². The van der Waals surface area contributed by atoms with Crippen LogP contribution in [-0.2, 0) is 6.54 Å². The SMILES string of the molecule is Cc1ccc([C@H](C)NCc2cncnc2)cc1. The maximum absolute atomic E-state index is 4.00. The summed E-state index contributed by atoms with van der Waals surface area (Å²) in [5, 5.41) is 3.45. The van der Waals surface area contributed by atoms with Crippen molar-refractivity contribution in [3.63, 3.8) is 0 Å². The Morgan fingerprint density at radius 2 is 1.76 bits per heavy atom. The predicted molar refractivity (Wildman–Crippen MR) is 68.5 cm³/mol. The second-order valence-electron chi connectivity index (χ2n) is 4.26. The van der Waals surface area contributed by atoms with Crippen LogP contribution in [0.3, 0.4) is 0 Å². The van der Waals surface area contributed by atoms with Crippen molar-refractivity contribution in [3.05, 3.63) is 59.7 Å². The molecular weight excluding hydrogens is 210 g/mol. The molecule has 0 saturated heterocycles. The molecule has 2 rings (SSSR count). The molecule has 2 aromatic rings. The number of aryl methyl sites for hydroxylation is 1. The first kappa shape index (κ1) is 11.7. The van der Waals surface area contributed by atoms with Crippen molar-refractivity contribution in [2.45, 2.75) is 26.4 Å². The summed E-state index contributed by atoms with van der Waals surface area (Å²) in [7, 11) is 0. The molecule has 1 aromatic heterocycles. The van der Waals surface area contributed by atoms with Gasteiger partial charge in [0, 0.05) is 30.5 Å². The molecule has 17 heavy (non-hydrogen) atoms. The van der Waals surface area contributed by atoms with E-state index < -0.39 is 0 Å². The van der Waals surface area contributed by atoms with E-state index in [1.807, 2.05) is 12.4 Å². The molecule has 0 aliphatic heterocycles. The second-order valence-corrected chi connectivity index (χ2v) is 4.26. The Hall–Kier alpha value is -1.74. The third kappa shape index (κ3) is 3.36. The first-order chi connectivity index (χ1) is 8.25. The Bertz CT molecular complexity index is 451. The number of nitrogens with zero attached hydrogens (tertiary/aromatic N) is 2. The maximum atomic E-state index is 4.00. The molecule has 3 nitrogen and oxygen atoms in total. The summed E-state index contributed by atoms with van der Waals surface area (Å²) in [4.78, 5) is 7.99. The van der Waals surface area contributed by atoms with Crippen LogP contribution in [0.4, 0.5) is 0 Å². The molecule has 1 atom stereocenters. The van der Waals surface area contributed by atoms with E-state index in [0.717, 1.165) is 12.1 Å². The maximum Gasteiger partial charge on any atom is 0.115 e. The van der Waals surface area contributed by atoms with Crippen LogP contribution in [0.1, 0.15) is 29.7 Å². The molecule has 0 unspecified atom stereocenters. The van der Waals surface area contributed by atoms with Crippen LogP contribution in [0.25, 0.3) is 0 Å². The van der Waals surface area contributed by atoms with Crippen LogP contribution < -0.4 is 5.32 Å². The van der Waals surface area contributed by atoms with Crippen molar-refractivity contribution in [2.24, 2.45) is 0 Å². The van der Waals surface area contributed by atoms with Gasteiger partial charge in [-0.15, -0.1) is 0 Å². The monoisotopic (exact) mass is 227 g/mol. The highest BCUT2D eigenvalue weighted by Crippen LogP contribution is 2.13. The smallest absolute Gasteiger partial charge is 0.115 e. The molecular formula is C14H17N3. The quantitative estimate of drug-likeness (QED) is 0.872. The van der Waals surface area contributed by atoms with Gasteiger partial charge in [0.2, 0.25) is 0 Å². The highest BCUT2D eigenvalue weighted by molar-refractivity contribution is 5.23. The van der Waals surface area contributed by atoms with E-state index in [2.05, 4.69) is 53.4 Å². The van der Waals surface area contributed by atoms with Crippen molar-refractivity contribution < 1.29 is 0 Å². The van der Waals surface area contributed by atoms with Gasteiger partial charge < -0.3 is 5.32 Å². The van der Waals surface area contributed by atoms with E-state index in [1.54, 1.807) is 6.33 Å². The van der Waals surface area contributed by atoms with E-state index in [-0.39, 0.29) is 0 Å². The van der Waals surface area contributed by atoms with Crippen molar-refractivity contribution in [1.29, 1.82) is 0 Å². The highest BCUT2D eigenvalue weighted by Gasteiger charge is 2.04. The summed E-state index contributed by atoms with van der Waals surface area (Å²) in [5.41, 5.74) is 3.69. The largest absolute Gasteiger partial charge is 0.306 e. The van der Waals surface area contributed by atoms with E-state index in [4.69, 9.17) is 0 Å². The molecule has 1 heterocycles. The molecule has 1 N–H and O–H groups in total. The molecule has 1 aromatic carbocycles. The lowest BCUT2D eigenvalue weighted by Gasteiger charge is -2.14. The molecule has 0 amide bonds. The van der Waals surface area contributed by atoms with Gasteiger partial charge >= 0.3 is 0 Å². The molecule has 88 valence electrons. The van der Waals surface area contributed by atoms with Gasteiger partial charge in [-0.2, -0.15) is 0 Å². The van der Waals surface area contributed by atoms with Crippen LogP contribution in [-0.4, -0.2) is 9.97 Å². The van der Waals surface area contributed by atoms with E-state index >= 15 is 0 Å². The fraction of sp³-hybridized carbons (Fsp3) is 0.286. The first-order valence-corrected chi connectivity index (χ1v) is 5.79. The van der Waals surface area contributed by atoms with E-state index in [0.29, 0.717) is 6.04 Å². The zero-order chi connectivity index (χ0) is 12.1. The Morgan fingerprint density at radius 1 is 1.12 bits per heavy atom. The normalized spacial score (nSPS) is 12.4. The summed E-state index contributed by atoms with van der Waals surface area (Å²) in [6, 6.07) is 8.93. The van der Waals surface area contributed by atoms with Crippen molar-refractivity contribution >= 4 is 0 Å². The van der Waals surface area contributed by atoms with Crippen molar-refractivity contribution in [1.82, 2.24) is 15.3 Å². The molecule has 0 aliphatic rings. The molecule has 3 heteroatoms. The van der Waals surface area contributed by atoms with Gasteiger partial charge in [-0.05, 0) is 19.4 Å². The minimum atomic E-state index is 0.329. The Balaban J connectivity index is 1.93. The van der Waals surface area contributed by atoms with Gasteiger partial charge in [0.25, 0.3) is 0 Å². The minimum absolute atomic E-state index is 0.329. The van der Waals surface area contributed by atoms with Crippen LogP contribution in [0.2, 0.25) is 0 Å². The number of nitrogens with one attached hydrogen (secondary N) is 1. The van der Waals surface area contributed by atoms with Gasteiger partial charge in [0.1, 0.15) is 6.33 Å². The number of hydrogen-bond acceptors (Lipinski definition) is 3. The molecule has 0 fully saturated rings. The van der Waals surface area contributed by atoms with Crippen LogP contribution >= 0.6 is 0 Å². The lowest BCUT2D eigenvalue weighted by molar-refractivity contribution is 0.572. The predicted octanol–water partition coefficient (Wildman–Crippen LogP) is 2.64. The molecule has 0 aliphatic carbocycles. The molecule has 0 saturated carbocycles. The number of aromatic nitrogens is 2. The fourth-order valence-corrected chi connectivity index (χ4v) is 1.67. The summed E-state index contributed by atoms with van der Waals surface area (Å²) in [6.07, 6.45) is 5.22. The Morgan fingerprint density at radius 3 is 2.41 bits per heavy atom. The molecule has 0 bridgehead atoms. The number of benzene rings is 1. The summed E-state index contributed by atoms with van der Waals surface area (Å²) in [5.74, 6) is 0. The Labute approximate surface area is 102 Å². The lowest BCUT2D eigenvalue weighted by Crippen LogP contribution is -2.18. The number of rotatable bonds is 4. The zero-order valence-electron chi connectivity index (χ0n) is 10.2. The van der Waals surface area contributed by atoms with Gasteiger partial charge in [-0.1, -0.05) is 29.8 Å². The van der Waals surface area contributed by atoms with Gasteiger partial charge in [0.05, 0.1) is 0 Å². The van der Waals surface area contributed by atoms with Crippen LogP contribution in [0.15, 0.2) is 43.0 Å². The molecule has 0 radical (unpaired) electrons. The van der Waals surface area contributed by atoms with Gasteiger partial charge in [-0.25, -0.2) is 9.97 Å². The third-order valence-electron chi connectivity index (χ3n) is 2.80. The van der Waals surface area contributed by atoms with Gasteiger partial charge in [-0.3, -0.25) is 0 Å². The summed E-state index contributed by atoms with van der Waals surface area (Å²) < 4.78 is 0. The summed E-state index contributed by atoms with van der Waals surface area (Å²) >= 11 is 0. The first-order valence-electron chi connectivity index (χ1n) is 5.79. The van der Waals surface area contributed by atoms with E-state index in [1.165, 1.54) is 11.1 Å². The van der Waals surface area contributed by atoms with Crippen molar-refractivity contribution in [3.8, 4) is 0 Å². The lowest BCUT2D eigenvalue weighted by atomic mass is 10.1. The third-order valence-corrected chi connectivity index (χ3v) is 2.80. The average molecular weight is 227 g/mol. The van der Waals surface area contributed by atoms with Crippen LogP contribution in [0, 0.1) is 6.92 Å². The van der Waals surface area contributed by atoms with Crippen molar-refractivity contribution in [2.75, 3.05) is 0 Å². The standard InChI is InChI=1S/C14H17N3/c1-11-3-5-14(6-4-11)12(2)17-9-13-7-15-10-16-8-13/h3-8,10,12,17H,9H2,1-2H3/t12-/m0/s1. The topological polar surface area (TPSA) is 37.8 Å². The molecule has 0 spiro atoms. The van der Waals surface area contributed by atoms with E-state index in [9.17, 15) is 0 Å². The zero-order valence-corrected chi connectivity index (χ0v) is 10.2. The highest BCUT2D eigenvalue weighted by atomic mass is 14.9. The fourth-order valence-electron chi connectivity index (χ4n) is 1.67. The number of hydrogen-bond donors (Lipinski definition) is 1. The second kappa shape index (κ2) is 5.55.